The molecular weight excluding hydrogens is 324 g/mol. The van der Waals surface area contributed by atoms with E-state index in [1.807, 2.05) is 12.3 Å². The molecule has 1 aliphatic rings. The minimum Gasteiger partial charge on any atom is -0.344 e. The number of nitrogens with zero attached hydrogens (tertiary/aromatic N) is 1. The van der Waals surface area contributed by atoms with Gasteiger partial charge in [0.15, 0.2) is 6.54 Å². The van der Waals surface area contributed by atoms with Gasteiger partial charge in [-0.3, -0.25) is 9.69 Å². The number of aromatic nitrogens is 1. The van der Waals surface area contributed by atoms with Crippen molar-refractivity contribution in [1.82, 2.24) is 5.32 Å². The Morgan fingerprint density at radius 3 is 2.54 bits per heavy atom. The Hall–Kier alpha value is -2.40. The largest absolute Gasteiger partial charge is 0.344 e. The van der Waals surface area contributed by atoms with E-state index in [2.05, 4.69) is 65.4 Å². The number of carbonyl (C=O) groups is 1. The number of amides is 1. The second-order valence-electron chi connectivity index (χ2n) is 7.10. The van der Waals surface area contributed by atoms with Crippen LogP contribution in [0.4, 0.5) is 5.82 Å². The highest BCUT2D eigenvalue weighted by Crippen LogP contribution is 2.16. The summed E-state index contributed by atoms with van der Waals surface area (Å²) < 4.78 is 0. The first-order chi connectivity index (χ1) is 12.7. The van der Waals surface area contributed by atoms with Crippen LogP contribution in [0.15, 0.2) is 48.7 Å². The number of piperazine rings is 1. The fraction of sp³-hybridized carbons (Fsp3) is 0.429. The molecule has 1 aliphatic heterocycles. The Bertz CT molecular complexity index is 694. The summed E-state index contributed by atoms with van der Waals surface area (Å²) in [6, 6.07) is 14.7. The molecule has 0 unspecified atom stereocenters. The maximum atomic E-state index is 12.5. The molecule has 1 aromatic heterocycles. The highest BCUT2D eigenvalue weighted by molar-refractivity contribution is 5.77. The molecule has 1 fully saturated rings. The molecule has 1 amide bonds. The lowest BCUT2D eigenvalue weighted by Gasteiger charge is -2.28. The van der Waals surface area contributed by atoms with Crippen molar-refractivity contribution in [2.24, 2.45) is 0 Å². The zero-order valence-corrected chi connectivity index (χ0v) is 15.8. The van der Waals surface area contributed by atoms with Crippen LogP contribution in [0, 0.1) is 6.92 Å². The molecule has 26 heavy (non-hydrogen) atoms. The number of aryl methyl sites for hydroxylation is 1. The molecule has 2 aromatic rings. The molecular formula is C21H30N4O+2. The first kappa shape index (κ1) is 18.4. The van der Waals surface area contributed by atoms with Crippen molar-refractivity contribution in [3.63, 3.8) is 0 Å². The second kappa shape index (κ2) is 8.81. The number of pyridine rings is 1. The third kappa shape index (κ3) is 4.82. The highest BCUT2D eigenvalue weighted by Gasteiger charge is 2.27. The van der Waals surface area contributed by atoms with Crippen molar-refractivity contribution >= 4 is 11.7 Å². The van der Waals surface area contributed by atoms with E-state index in [0.717, 1.165) is 38.4 Å². The summed E-state index contributed by atoms with van der Waals surface area (Å²) in [5.74, 6) is 1.30. The van der Waals surface area contributed by atoms with E-state index in [9.17, 15) is 4.79 Å². The summed E-state index contributed by atoms with van der Waals surface area (Å²) in [5.41, 5.74) is 2.43. The van der Waals surface area contributed by atoms with Crippen LogP contribution in [-0.4, -0.2) is 38.6 Å². The number of rotatable bonds is 6. The Morgan fingerprint density at radius 2 is 1.92 bits per heavy atom. The Labute approximate surface area is 156 Å². The summed E-state index contributed by atoms with van der Waals surface area (Å²) in [6.45, 7) is 8.66. The summed E-state index contributed by atoms with van der Waals surface area (Å²) in [5, 5.41) is 3.21. The van der Waals surface area contributed by atoms with Gasteiger partial charge in [0.1, 0.15) is 26.2 Å². The predicted octanol–water partition coefficient (Wildman–Crippen LogP) is 0.782. The Balaban J connectivity index is 1.48. The first-order valence-electron chi connectivity index (χ1n) is 9.57. The number of quaternary nitrogens is 1. The van der Waals surface area contributed by atoms with Gasteiger partial charge in [0.25, 0.3) is 11.7 Å². The summed E-state index contributed by atoms with van der Waals surface area (Å²) in [6.07, 6.45) is 2.86. The van der Waals surface area contributed by atoms with Crippen molar-refractivity contribution in [1.29, 1.82) is 0 Å². The van der Waals surface area contributed by atoms with E-state index in [0.29, 0.717) is 6.54 Å². The van der Waals surface area contributed by atoms with Gasteiger partial charge in [-0.1, -0.05) is 42.8 Å². The van der Waals surface area contributed by atoms with Crippen LogP contribution in [0.3, 0.4) is 0 Å². The average Bonchev–Trinajstić information content (AvgIpc) is 2.68. The van der Waals surface area contributed by atoms with Crippen molar-refractivity contribution in [3.8, 4) is 0 Å². The van der Waals surface area contributed by atoms with E-state index in [1.54, 1.807) is 0 Å². The van der Waals surface area contributed by atoms with E-state index < -0.39 is 0 Å². The third-order valence-electron chi connectivity index (χ3n) is 5.14. The molecule has 138 valence electrons. The van der Waals surface area contributed by atoms with Gasteiger partial charge in [0.2, 0.25) is 0 Å². The lowest BCUT2D eigenvalue weighted by molar-refractivity contribution is -0.892. The van der Waals surface area contributed by atoms with Crippen LogP contribution in [0.25, 0.3) is 0 Å². The molecule has 5 heteroatoms. The lowest BCUT2D eigenvalue weighted by atomic mass is 10.0. The molecule has 1 saturated heterocycles. The number of carbonyl (C=O) groups excluding carboxylic acids is 1. The minimum atomic E-state index is 0.0997. The van der Waals surface area contributed by atoms with Crippen LogP contribution in [0.1, 0.15) is 30.5 Å². The SMILES string of the molecule is CC[C@H](NC(=O)C[NH+]1CCN(c2cccc[nH+]2)CC1)c1ccc(C)cc1. The fourth-order valence-electron chi connectivity index (χ4n) is 3.51. The number of hydrogen-bond donors (Lipinski definition) is 2. The number of nitrogens with one attached hydrogen (secondary N) is 3. The summed E-state index contributed by atoms with van der Waals surface area (Å²) >= 11 is 0. The third-order valence-corrected chi connectivity index (χ3v) is 5.14. The highest BCUT2D eigenvalue weighted by atomic mass is 16.2. The number of anilines is 1. The second-order valence-corrected chi connectivity index (χ2v) is 7.10. The first-order valence-corrected chi connectivity index (χ1v) is 9.57. The average molecular weight is 354 g/mol. The maximum Gasteiger partial charge on any atom is 0.275 e. The normalized spacial score (nSPS) is 16.3. The molecule has 0 spiro atoms. The monoisotopic (exact) mass is 354 g/mol. The van der Waals surface area contributed by atoms with Crippen LogP contribution in [-0.2, 0) is 4.79 Å². The standard InChI is InChI=1S/C21H28N4O/c1-3-19(18-9-7-17(2)8-10-18)23-21(26)16-24-12-14-25(15-13-24)20-6-4-5-11-22-20/h4-11,19H,3,12-16H2,1-2H3,(H,23,26)/p+2/t19-/m0/s1. The quantitative estimate of drug-likeness (QED) is 0.806. The van der Waals surface area contributed by atoms with Gasteiger partial charge < -0.3 is 10.2 Å². The molecule has 1 aromatic carbocycles. The Morgan fingerprint density at radius 1 is 1.19 bits per heavy atom. The smallest absolute Gasteiger partial charge is 0.275 e. The molecule has 0 radical (unpaired) electrons. The van der Waals surface area contributed by atoms with Crippen molar-refractivity contribution < 1.29 is 14.7 Å². The minimum absolute atomic E-state index is 0.0997. The van der Waals surface area contributed by atoms with Crippen LogP contribution in [0.5, 0.6) is 0 Å². The lowest BCUT2D eigenvalue weighted by Crippen LogP contribution is -3.16. The number of H-pyrrole nitrogens is 1. The van der Waals surface area contributed by atoms with Crippen LogP contribution in [0.2, 0.25) is 0 Å². The van der Waals surface area contributed by atoms with E-state index >= 15 is 0 Å². The van der Waals surface area contributed by atoms with Gasteiger partial charge in [-0.25, -0.2) is 4.98 Å². The van der Waals surface area contributed by atoms with Gasteiger partial charge >= 0.3 is 0 Å². The van der Waals surface area contributed by atoms with Crippen molar-refractivity contribution in [3.05, 3.63) is 59.8 Å². The van der Waals surface area contributed by atoms with E-state index in [4.69, 9.17) is 0 Å². The number of benzene rings is 1. The van der Waals surface area contributed by atoms with Gasteiger partial charge in [-0.2, -0.15) is 0 Å². The maximum absolute atomic E-state index is 12.5. The zero-order chi connectivity index (χ0) is 18.4. The molecule has 0 aliphatic carbocycles. The summed E-state index contributed by atoms with van der Waals surface area (Å²) in [4.78, 5) is 19.5. The van der Waals surface area contributed by atoms with Gasteiger partial charge in [-0.05, 0) is 25.0 Å². The molecule has 3 N–H and O–H groups in total. The number of aromatic amines is 1. The summed E-state index contributed by atoms with van der Waals surface area (Å²) in [7, 11) is 0. The van der Waals surface area contributed by atoms with Crippen molar-refractivity contribution in [2.75, 3.05) is 37.6 Å². The Kier molecular flexibility index (Phi) is 6.23. The van der Waals surface area contributed by atoms with Gasteiger partial charge in [0.05, 0.1) is 12.2 Å². The van der Waals surface area contributed by atoms with Crippen LogP contribution < -0.4 is 20.1 Å². The molecule has 3 rings (SSSR count). The molecule has 2 heterocycles. The van der Waals surface area contributed by atoms with Crippen LogP contribution >= 0.6 is 0 Å². The van der Waals surface area contributed by atoms with E-state index in [-0.39, 0.29) is 11.9 Å². The molecule has 5 nitrogen and oxygen atoms in total. The van der Waals surface area contributed by atoms with Crippen molar-refractivity contribution in [2.45, 2.75) is 26.3 Å². The molecule has 0 saturated carbocycles. The molecule has 0 bridgehead atoms. The van der Waals surface area contributed by atoms with E-state index in [1.165, 1.54) is 16.0 Å². The molecule has 1 atom stereocenters. The fourth-order valence-corrected chi connectivity index (χ4v) is 3.51. The van der Waals surface area contributed by atoms with Gasteiger partial charge in [-0.15, -0.1) is 0 Å². The predicted molar refractivity (Wildman–Crippen MR) is 103 cm³/mol. The number of hydrogen-bond acceptors (Lipinski definition) is 2. The zero-order valence-electron chi connectivity index (χ0n) is 15.8. The topological polar surface area (TPSA) is 50.9 Å². The van der Waals surface area contributed by atoms with Gasteiger partial charge in [0, 0.05) is 6.07 Å².